The minimum Gasteiger partial charge on any atom is -0.504 e. The summed E-state index contributed by atoms with van der Waals surface area (Å²) in [5, 5.41) is 138. The zero-order chi connectivity index (χ0) is 62.3. The van der Waals surface area contributed by atoms with E-state index in [9.17, 15) is 85.3 Å². The molecule has 0 saturated carbocycles. The van der Waals surface area contributed by atoms with E-state index in [0.717, 1.165) is 42.5 Å². The predicted molar refractivity (Wildman–Crippen MR) is 285 cm³/mol. The van der Waals surface area contributed by atoms with Gasteiger partial charge in [0.15, 0.2) is 57.5 Å². The first-order chi connectivity index (χ1) is 40.9. The van der Waals surface area contributed by atoms with Crippen LogP contribution >= 0.6 is 0 Å². The van der Waals surface area contributed by atoms with Gasteiger partial charge in [-0.25, -0.2) is 4.79 Å². The van der Waals surface area contributed by atoms with Crippen LogP contribution in [0.15, 0.2) is 94.2 Å². The number of carboxylic acids is 1. The molecule has 0 radical (unpaired) electrons. The van der Waals surface area contributed by atoms with E-state index in [1.54, 1.807) is 0 Å². The average molecular weight is 1210 g/mol. The number of esters is 3. The lowest BCUT2D eigenvalue weighted by Crippen LogP contribution is -2.60. The van der Waals surface area contributed by atoms with Gasteiger partial charge in [0.25, 0.3) is 0 Å². The summed E-state index contributed by atoms with van der Waals surface area (Å²) < 4.78 is 66.6. The highest BCUT2D eigenvalue weighted by atomic mass is 16.7. The van der Waals surface area contributed by atoms with Crippen LogP contribution in [0.5, 0.6) is 46.0 Å². The van der Waals surface area contributed by atoms with Crippen molar-refractivity contribution in [3.05, 3.63) is 106 Å². The average Bonchev–Trinajstić information content (AvgIpc) is 1.38. The number of methoxy groups -OCH3 is 2. The summed E-state index contributed by atoms with van der Waals surface area (Å²) in [4.78, 5) is 60.3. The van der Waals surface area contributed by atoms with Gasteiger partial charge in [0.1, 0.15) is 98.3 Å². The Hall–Kier alpha value is -8.63. The summed E-state index contributed by atoms with van der Waals surface area (Å²) in [5.74, 6) is -7.36. The molecule has 8 rings (SSSR count). The van der Waals surface area contributed by atoms with Gasteiger partial charge in [0.05, 0.1) is 25.9 Å². The fourth-order valence-corrected chi connectivity index (χ4v) is 8.81. The number of aliphatic hydroxyl groups excluding tert-OH is 9. The Morgan fingerprint density at radius 1 is 0.535 bits per heavy atom. The second-order valence-electron chi connectivity index (χ2n) is 19.4. The van der Waals surface area contributed by atoms with Crippen molar-refractivity contribution in [2.24, 2.45) is 0 Å². The SMILES string of the molecule is COc1cc(C=CC(=O)OC[C@H]2O[C@@H](Oc3cc(-c4oc5cc(O[C@@H]6O[C@H](COC(=[OH+])C=Cc7ccc(O)c(OC)c7)[C@@H](O)[C@H](O)[C@H]6O)cc(=O)c-5cc4O[C@@H]4O[C@H](COC(=O)CC(=O)O)[C@@H](O)[C@H](O)[C@H]4O)ccc3O)[C@H](O)[C@@H](O)[C@@H]2O)ccc1O. The van der Waals surface area contributed by atoms with Crippen LogP contribution in [0, 0.1) is 0 Å². The number of fused-ring (bicyclic) bond motifs is 1. The number of aliphatic hydroxyl groups is 9. The summed E-state index contributed by atoms with van der Waals surface area (Å²) in [7, 11) is 2.66. The van der Waals surface area contributed by atoms with E-state index in [0.29, 0.717) is 11.1 Å². The summed E-state index contributed by atoms with van der Waals surface area (Å²) in [6.07, 6.45) is -24.6. The fourth-order valence-electron chi connectivity index (χ4n) is 8.81. The van der Waals surface area contributed by atoms with Crippen LogP contribution < -0.4 is 29.1 Å². The number of carbonyl (C=O) groups is 3. The smallest absolute Gasteiger partial charge is 0.504 e. The third-order valence-electron chi connectivity index (χ3n) is 13.5. The number of phenols is 3. The third kappa shape index (κ3) is 14.9. The van der Waals surface area contributed by atoms with Crippen molar-refractivity contribution in [2.75, 3.05) is 34.0 Å². The van der Waals surface area contributed by atoms with Gasteiger partial charge in [-0.2, -0.15) is 0 Å². The number of hydrogen-bond acceptors (Lipinski definition) is 28. The van der Waals surface area contributed by atoms with E-state index in [1.165, 1.54) is 68.8 Å². The first kappa shape index (κ1) is 63.4. The zero-order valence-electron chi connectivity index (χ0n) is 45.0. The number of benzene rings is 4. The lowest BCUT2D eigenvalue weighted by molar-refractivity contribution is -0.278. The second kappa shape index (κ2) is 27.6. The van der Waals surface area contributed by atoms with Crippen molar-refractivity contribution in [1.82, 2.24) is 0 Å². The fraction of sp³-hybridized carbons (Fsp3) is 0.375. The van der Waals surface area contributed by atoms with Gasteiger partial charge in [0, 0.05) is 23.8 Å². The molecule has 5 aliphatic rings. The summed E-state index contributed by atoms with van der Waals surface area (Å²) >= 11 is 0. The van der Waals surface area contributed by atoms with Crippen LogP contribution in [0.2, 0.25) is 0 Å². The molecule has 3 aromatic rings. The van der Waals surface area contributed by atoms with Crippen LogP contribution in [-0.2, 0) is 42.8 Å². The predicted octanol–water partition coefficient (Wildman–Crippen LogP) is -1.39. The molecule has 0 aromatic heterocycles. The van der Waals surface area contributed by atoms with Gasteiger partial charge in [-0.1, -0.05) is 12.1 Å². The van der Waals surface area contributed by atoms with Gasteiger partial charge in [0.2, 0.25) is 25.5 Å². The Labute approximate surface area is 484 Å². The zero-order valence-corrected chi connectivity index (χ0v) is 45.0. The van der Waals surface area contributed by atoms with Crippen LogP contribution in [0.25, 0.3) is 34.8 Å². The minimum atomic E-state index is -2.11. The van der Waals surface area contributed by atoms with Gasteiger partial charge in [-0.05, 0) is 71.8 Å². The van der Waals surface area contributed by atoms with Crippen molar-refractivity contribution in [3.63, 3.8) is 0 Å². The number of rotatable bonds is 21. The summed E-state index contributed by atoms with van der Waals surface area (Å²) in [6, 6.07) is 14.8. The number of ether oxygens (including phenoxy) is 11. The Bertz CT molecular complexity index is 3320. The Kier molecular flexibility index (Phi) is 20.3. The molecular formula is C56H59O30+. The molecule has 4 aliphatic heterocycles. The molecule has 1 aliphatic carbocycles. The number of phenolic OH excluding ortho intramolecular Hbond substituents is 3. The van der Waals surface area contributed by atoms with Gasteiger partial charge in [-0.15, -0.1) is 0 Å². The Morgan fingerprint density at radius 3 is 1.55 bits per heavy atom. The van der Waals surface area contributed by atoms with Crippen LogP contribution in [0.3, 0.4) is 0 Å². The van der Waals surface area contributed by atoms with Crippen LogP contribution in [-0.4, -0.2) is 221 Å². The van der Waals surface area contributed by atoms with E-state index >= 15 is 0 Å². The number of carboxylic acid groups (broad SMARTS) is 1. The van der Waals surface area contributed by atoms with E-state index < -0.39 is 176 Å². The molecule has 4 heterocycles. The molecule has 0 unspecified atom stereocenters. The van der Waals surface area contributed by atoms with Gasteiger partial charge < -0.3 is 128 Å². The van der Waals surface area contributed by atoms with Crippen molar-refractivity contribution in [3.8, 4) is 68.6 Å². The molecule has 14 N–H and O–H groups in total. The minimum absolute atomic E-state index is 0.120. The summed E-state index contributed by atoms with van der Waals surface area (Å²) in [5.41, 5.74) is -0.477. The molecule has 0 spiro atoms. The number of aromatic hydroxyl groups is 3. The van der Waals surface area contributed by atoms with Crippen molar-refractivity contribution < 1.29 is 142 Å². The molecule has 462 valence electrons. The molecule has 3 fully saturated rings. The maximum atomic E-state index is 14.0. The molecule has 15 atom stereocenters. The van der Waals surface area contributed by atoms with E-state index in [4.69, 9.17) is 61.6 Å². The number of carbonyl (C=O) groups excluding carboxylic acids is 3. The van der Waals surface area contributed by atoms with Crippen molar-refractivity contribution in [1.29, 1.82) is 0 Å². The van der Waals surface area contributed by atoms with E-state index in [-0.39, 0.29) is 39.9 Å². The van der Waals surface area contributed by atoms with Gasteiger partial charge >= 0.3 is 23.9 Å². The molecule has 3 aromatic carbocycles. The lowest BCUT2D eigenvalue weighted by Gasteiger charge is -2.40. The topological polar surface area (TPSA) is 467 Å². The number of aliphatic carboxylic acids is 1. The maximum Gasteiger partial charge on any atom is 0.510 e. The first-order valence-corrected chi connectivity index (χ1v) is 25.8. The lowest BCUT2D eigenvalue weighted by atomic mass is 9.99. The third-order valence-corrected chi connectivity index (χ3v) is 13.5. The standard InChI is InChI=1S/C56H58O30/c1-75-33-13-23(3-8-28(33)57)5-11-41(63)77-20-37-44(66)47(69)50(72)54(84-37)80-26-16-31(60)27-18-36(83-56-52(74)49(71)46(68)39(86-56)22-79-43(65)19-40(61)62)53(81-32(27)17-26)25-7-10-30(59)35(15-25)82-55-51(73)48(70)45(67)38(85-55)21-78-42(64)12-6-24-4-9-29(58)34(14-24)76-2/h3-18,37-39,44-52,54-59,66-74H,19-22H2,1-2H3,(H,61,62)/p+1/t37-,38-,39-,44-,45-,46-,47+,48+,49+,50-,51-,52-,54-,55-,56-/m1/s1. The molecule has 3 saturated heterocycles. The van der Waals surface area contributed by atoms with Crippen LogP contribution in [0.1, 0.15) is 17.5 Å². The highest BCUT2D eigenvalue weighted by Gasteiger charge is 2.49. The molecule has 86 heavy (non-hydrogen) atoms. The van der Waals surface area contributed by atoms with E-state index in [2.05, 4.69) is 0 Å². The summed E-state index contributed by atoms with van der Waals surface area (Å²) in [6.45, 7) is -2.23. The quantitative estimate of drug-likeness (QED) is 0.0132. The van der Waals surface area contributed by atoms with Crippen molar-refractivity contribution in [2.45, 2.75) is 98.5 Å². The Morgan fingerprint density at radius 2 is 1.01 bits per heavy atom. The monoisotopic (exact) mass is 1210 g/mol. The highest BCUT2D eigenvalue weighted by Crippen LogP contribution is 2.43. The van der Waals surface area contributed by atoms with Crippen molar-refractivity contribution >= 4 is 36.0 Å². The van der Waals surface area contributed by atoms with E-state index in [1.807, 2.05) is 0 Å². The molecule has 30 heteroatoms. The molecule has 0 amide bonds. The number of hydrogen-bond donors (Lipinski definition) is 13. The maximum absolute atomic E-state index is 14.0. The first-order valence-electron chi connectivity index (χ1n) is 25.8. The van der Waals surface area contributed by atoms with Gasteiger partial charge in [-0.3, -0.25) is 14.4 Å². The second-order valence-corrected chi connectivity index (χ2v) is 19.4. The molecular weight excluding hydrogens is 1150 g/mol. The molecule has 0 bridgehead atoms. The van der Waals surface area contributed by atoms with Crippen LogP contribution in [0.4, 0.5) is 0 Å². The Balaban J connectivity index is 1.06. The highest BCUT2D eigenvalue weighted by molar-refractivity contribution is 5.90. The largest absolute Gasteiger partial charge is 0.510 e. The molecule has 30 nitrogen and oxygen atoms in total. The normalized spacial score (nSPS) is 27.5.